The Bertz CT molecular complexity index is 337. The molecular formula is C14H22N2O. The molecule has 3 heteroatoms. The lowest BCUT2D eigenvalue weighted by Crippen LogP contribution is -2.45. The van der Waals surface area contributed by atoms with Gasteiger partial charge in [-0.1, -0.05) is 43.7 Å². The molecule has 0 radical (unpaired) electrons. The van der Waals surface area contributed by atoms with E-state index < -0.39 is 0 Å². The summed E-state index contributed by atoms with van der Waals surface area (Å²) in [6.45, 7) is 4.03. The molecule has 3 N–H and O–H groups in total. The normalized spacial score (nSPS) is 14.1. The first-order chi connectivity index (χ1) is 8.13. The third-order valence-corrected chi connectivity index (χ3v) is 2.71. The highest BCUT2D eigenvalue weighted by atomic mass is 16.2. The van der Waals surface area contributed by atoms with Crippen molar-refractivity contribution in [2.45, 2.75) is 45.2 Å². The first-order valence-corrected chi connectivity index (χ1v) is 6.23. The molecule has 0 aromatic heterocycles. The van der Waals surface area contributed by atoms with Gasteiger partial charge in [-0.15, -0.1) is 0 Å². The number of carbonyl (C=O) groups is 1. The third-order valence-electron chi connectivity index (χ3n) is 2.71. The smallest absolute Gasteiger partial charge is 0.237 e. The van der Waals surface area contributed by atoms with E-state index in [1.807, 2.05) is 32.0 Å². The van der Waals surface area contributed by atoms with Crippen LogP contribution in [0.4, 0.5) is 0 Å². The van der Waals surface area contributed by atoms with E-state index in [9.17, 15) is 4.79 Å². The second kappa shape index (κ2) is 7.07. The average Bonchev–Trinajstić information content (AvgIpc) is 2.30. The number of benzene rings is 1. The van der Waals surface area contributed by atoms with Gasteiger partial charge in [0.1, 0.15) is 0 Å². The Labute approximate surface area is 103 Å². The Hall–Kier alpha value is -1.35. The van der Waals surface area contributed by atoms with Gasteiger partial charge >= 0.3 is 0 Å². The number of nitrogens with two attached hydrogens (primary N) is 1. The van der Waals surface area contributed by atoms with E-state index in [2.05, 4.69) is 17.4 Å². The van der Waals surface area contributed by atoms with E-state index >= 15 is 0 Å². The molecule has 0 saturated carbocycles. The highest BCUT2D eigenvalue weighted by Crippen LogP contribution is 2.03. The first-order valence-electron chi connectivity index (χ1n) is 6.23. The van der Waals surface area contributed by atoms with Crippen molar-refractivity contribution in [1.82, 2.24) is 5.32 Å². The molecule has 0 heterocycles. The van der Waals surface area contributed by atoms with E-state index in [0.717, 1.165) is 19.3 Å². The maximum atomic E-state index is 11.7. The summed E-state index contributed by atoms with van der Waals surface area (Å²) >= 11 is 0. The van der Waals surface area contributed by atoms with Crippen molar-refractivity contribution in [2.24, 2.45) is 5.73 Å². The van der Waals surface area contributed by atoms with Gasteiger partial charge in [0.2, 0.25) is 5.91 Å². The summed E-state index contributed by atoms with van der Waals surface area (Å²) in [6, 6.07) is 9.87. The Balaban J connectivity index is 2.39. The minimum absolute atomic E-state index is 0.0460. The van der Waals surface area contributed by atoms with E-state index in [4.69, 9.17) is 5.73 Å². The van der Waals surface area contributed by atoms with Crippen LogP contribution in [0.15, 0.2) is 30.3 Å². The summed E-state index contributed by atoms with van der Waals surface area (Å²) in [5.41, 5.74) is 6.98. The van der Waals surface area contributed by atoms with Gasteiger partial charge < -0.3 is 11.1 Å². The van der Waals surface area contributed by atoms with Crippen LogP contribution in [0.2, 0.25) is 0 Å². The van der Waals surface area contributed by atoms with Gasteiger partial charge in [0.25, 0.3) is 0 Å². The van der Waals surface area contributed by atoms with Crippen LogP contribution in [-0.2, 0) is 11.2 Å². The van der Waals surface area contributed by atoms with Crippen LogP contribution in [0.3, 0.4) is 0 Å². The molecule has 0 aliphatic rings. The quantitative estimate of drug-likeness (QED) is 0.789. The lowest BCUT2D eigenvalue weighted by molar-refractivity contribution is -0.123. The van der Waals surface area contributed by atoms with Crippen molar-refractivity contribution in [3.05, 3.63) is 35.9 Å². The molecule has 1 amide bonds. The Morgan fingerprint density at radius 1 is 1.35 bits per heavy atom. The SMILES string of the molecule is CCC[C@H](N)C(=O)NC(C)Cc1ccccc1. The topological polar surface area (TPSA) is 55.1 Å². The number of amides is 1. The third kappa shape index (κ3) is 5.00. The van der Waals surface area contributed by atoms with E-state index in [-0.39, 0.29) is 18.0 Å². The van der Waals surface area contributed by atoms with Crippen LogP contribution < -0.4 is 11.1 Å². The molecule has 0 aliphatic heterocycles. The summed E-state index contributed by atoms with van der Waals surface area (Å²) in [5.74, 6) is -0.0460. The predicted molar refractivity (Wildman–Crippen MR) is 70.6 cm³/mol. The van der Waals surface area contributed by atoms with Gasteiger partial charge in [0, 0.05) is 6.04 Å². The fourth-order valence-corrected chi connectivity index (χ4v) is 1.81. The number of rotatable bonds is 6. The van der Waals surface area contributed by atoms with Crippen LogP contribution >= 0.6 is 0 Å². The molecular weight excluding hydrogens is 212 g/mol. The van der Waals surface area contributed by atoms with Crippen molar-refractivity contribution in [1.29, 1.82) is 0 Å². The molecule has 1 aromatic rings. The molecule has 0 aliphatic carbocycles. The van der Waals surface area contributed by atoms with Crippen LogP contribution in [0.5, 0.6) is 0 Å². The zero-order valence-corrected chi connectivity index (χ0v) is 10.6. The number of hydrogen-bond acceptors (Lipinski definition) is 2. The van der Waals surface area contributed by atoms with Crippen molar-refractivity contribution in [2.75, 3.05) is 0 Å². The molecule has 3 nitrogen and oxygen atoms in total. The van der Waals surface area contributed by atoms with Crippen molar-refractivity contribution in [3.8, 4) is 0 Å². The summed E-state index contributed by atoms with van der Waals surface area (Å²) in [5, 5.41) is 2.95. The van der Waals surface area contributed by atoms with Crippen LogP contribution in [0, 0.1) is 0 Å². The van der Waals surface area contributed by atoms with Crippen LogP contribution in [0.25, 0.3) is 0 Å². The number of hydrogen-bond donors (Lipinski definition) is 2. The van der Waals surface area contributed by atoms with Gasteiger partial charge in [-0.05, 0) is 25.3 Å². The Kier molecular flexibility index (Phi) is 5.70. The summed E-state index contributed by atoms with van der Waals surface area (Å²) in [4.78, 5) is 11.7. The zero-order valence-electron chi connectivity index (χ0n) is 10.6. The molecule has 0 spiro atoms. The molecule has 1 unspecified atom stereocenters. The largest absolute Gasteiger partial charge is 0.352 e. The molecule has 17 heavy (non-hydrogen) atoms. The second-order valence-corrected chi connectivity index (χ2v) is 4.49. The highest BCUT2D eigenvalue weighted by Gasteiger charge is 2.14. The van der Waals surface area contributed by atoms with Crippen molar-refractivity contribution < 1.29 is 4.79 Å². The monoisotopic (exact) mass is 234 g/mol. The molecule has 0 saturated heterocycles. The lowest BCUT2D eigenvalue weighted by atomic mass is 10.1. The standard InChI is InChI=1S/C14H22N2O/c1-3-7-13(15)14(17)16-11(2)10-12-8-5-4-6-9-12/h4-6,8-9,11,13H,3,7,10,15H2,1-2H3,(H,16,17)/t11?,13-/m0/s1. The summed E-state index contributed by atoms with van der Waals surface area (Å²) in [6.07, 6.45) is 2.51. The van der Waals surface area contributed by atoms with E-state index in [1.54, 1.807) is 0 Å². The summed E-state index contributed by atoms with van der Waals surface area (Å²) < 4.78 is 0. The van der Waals surface area contributed by atoms with Gasteiger partial charge in [-0.2, -0.15) is 0 Å². The fourth-order valence-electron chi connectivity index (χ4n) is 1.81. The minimum Gasteiger partial charge on any atom is -0.352 e. The molecule has 1 aromatic carbocycles. The van der Waals surface area contributed by atoms with Crippen molar-refractivity contribution in [3.63, 3.8) is 0 Å². The maximum absolute atomic E-state index is 11.7. The number of carbonyl (C=O) groups excluding carboxylic acids is 1. The molecule has 94 valence electrons. The maximum Gasteiger partial charge on any atom is 0.237 e. The second-order valence-electron chi connectivity index (χ2n) is 4.49. The van der Waals surface area contributed by atoms with E-state index in [0.29, 0.717) is 0 Å². The fraction of sp³-hybridized carbons (Fsp3) is 0.500. The molecule has 0 fully saturated rings. The van der Waals surface area contributed by atoms with Crippen LogP contribution in [-0.4, -0.2) is 18.0 Å². The van der Waals surface area contributed by atoms with Crippen molar-refractivity contribution >= 4 is 5.91 Å². The first kappa shape index (κ1) is 13.7. The Morgan fingerprint density at radius 2 is 2.00 bits per heavy atom. The minimum atomic E-state index is -0.377. The predicted octanol–water partition coefficient (Wildman–Crippen LogP) is 1.86. The number of nitrogens with one attached hydrogen (secondary N) is 1. The van der Waals surface area contributed by atoms with Gasteiger partial charge in [0.15, 0.2) is 0 Å². The summed E-state index contributed by atoms with van der Waals surface area (Å²) in [7, 11) is 0. The molecule has 0 bridgehead atoms. The zero-order chi connectivity index (χ0) is 12.7. The lowest BCUT2D eigenvalue weighted by Gasteiger charge is -2.17. The van der Waals surface area contributed by atoms with E-state index in [1.165, 1.54) is 5.56 Å². The molecule has 2 atom stereocenters. The highest BCUT2D eigenvalue weighted by molar-refractivity contribution is 5.81. The Morgan fingerprint density at radius 3 is 2.59 bits per heavy atom. The average molecular weight is 234 g/mol. The van der Waals surface area contributed by atoms with Crippen LogP contribution in [0.1, 0.15) is 32.3 Å². The van der Waals surface area contributed by atoms with Gasteiger partial charge in [-0.25, -0.2) is 0 Å². The molecule has 1 rings (SSSR count). The van der Waals surface area contributed by atoms with Gasteiger partial charge in [-0.3, -0.25) is 4.79 Å². The van der Waals surface area contributed by atoms with Gasteiger partial charge in [0.05, 0.1) is 6.04 Å².